The van der Waals surface area contributed by atoms with Crippen LogP contribution < -0.4 is 15.5 Å². The highest BCUT2D eigenvalue weighted by molar-refractivity contribution is 7.80. The lowest BCUT2D eigenvalue weighted by atomic mass is 10.1. The number of hydrogen-bond donors (Lipinski definition) is 2. The van der Waals surface area contributed by atoms with Crippen molar-refractivity contribution >= 4 is 40.3 Å². The first-order chi connectivity index (χ1) is 10.7. The second kappa shape index (κ2) is 6.15. The number of aryl methyl sites for hydroxylation is 1. The van der Waals surface area contributed by atoms with Crippen molar-refractivity contribution in [2.24, 2.45) is 0 Å². The van der Waals surface area contributed by atoms with Crippen LogP contribution in [0.1, 0.15) is 12.5 Å². The third-order valence-electron chi connectivity index (χ3n) is 3.63. The number of thiocarbonyl (C=S) groups is 1. The predicted molar refractivity (Wildman–Crippen MR) is 94.5 cm³/mol. The highest BCUT2D eigenvalue weighted by atomic mass is 32.1. The van der Waals surface area contributed by atoms with Gasteiger partial charge in [0.05, 0.1) is 11.4 Å². The molecule has 22 heavy (non-hydrogen) atoms. The van der Waals surface area contributed by atoms with Crippen LogP contribution in [-0.2, 0) is 11.2 Å². The van der Waals surface area contributed by atoms with Gasteiger partial charge >= 0.3 is 0 Å². The van der Waals surface area contributed by atoms with E-state index in [2.05, 4.69) is 29.7 Å². The fourth-order valence-electron chi connectivity index (χ4n) is 2.43. The molecular formula is C17H17N3OS. The van der Waals surface area contributed by atoms with E-state index in [9.17, 15) is 4.79 Å². The largest absolute Gasteiger partial charge is 0.332 e. The van der Waals surface area contributed by atoms with Crippen LogP contribution in [0.2, 0.25) is 0 Å². The van der Waals surface area contributed by atoms with Crippen molar-refractivity contribution in [1.29, 1.82) is 0 Å². The monoisotopic (exact) mass is 311 g/mol. The topological polar surface area (TPSA) is 44.4 Å². The highest BCUT2D eigenvalue weighted by Crippen LogP contribution is 2.29. The molecule has 112 valence electrons. The summed E-state index contributed by atoms with van der Waals surface area (Å²) in [6.07, 6.45) is 1.00. The van der Waals surface area contributed by atoms with Crippen LogP contribution in [0.3, 0.4) is 0 Å². The van der Waals surface area contributed by atoms with Gasteiger partial charge in [-0.1, -0.05) is 31.2 Å². The third kappa shape index (κ3) is 2.94. The Morgan fingerprint density at radius 1 is 1.23 bits per heavy atom. The van der Waals surface area contributed by atoms with Gasteiger partial charge in [-0.05, 0) is 48.5 Å². The highest BCUT2D eigenvalue weighted by Gasteiger charge is 2.24. The van der Waals surface area contributed by atoms with Crippen LogP contribution in [0.4, 0.5) is 17.1 Å². The number of nitrogens with one attached hydrogen (secondary N) is 2. The molecule has 0 saturated carbocycles. The van der Waals surface area contributed by atoms with Crippen molar-refractivity contribution < 1.29 is 4.79 Å². The van der Waals surface area contributed by atoms with E-state index in [0.29, 0.717) is 5.11 Å². The lowest BCUT2D eigenvalue weighted by Crippen LogP contribution is -2.44. The molecule has 2 aromatic rings. The van der Waals surface area contributed by atoms with E-state index < -0.39 is 0 Å². The summed E-state index contributed by atoms with van der Waals surface area (Å²) in [6.45, 7) is 2.34. The number of fused-ring (bicyclic) bond motifs is 1. The minimum atomic E-state index is -0.0656. The van der Waals surface area contributed by atoms with E-state index in [1.54, 1.807) is 0 Å². The molecule has 2 aromatic carbocycles. The molecule has 1 aliphatic rings. The second-order valence-electron chi connectivity index (χ2n) is 5.13. The zero-order valence-corrected chi connectivity index (χ0v) is 13.1. The maximum Gasteiger partial charge on any atom is 0.244 e. The standard InChI is InChI=1S/C17H17N3OS/c1-2-12-7-9-13(10-8-12)18-17(22)20-11-16(21)19-14-5-3-4-6-15(14)20/h3-10H,2,11H2,1H3,(H,18,22)(H,19,21). The summed E-state index contributed by atoms with van der Waals surface area (Å²) in [5.41, 5.74) is 3.89. The van der Waals surface area contributed by atoms with Crippen molar-refractivity contribution in [3.63, 3.8) is 0 Å². The number of hydrogen-bond acceptors (Lipinski definition) is 2. The first-order valence-electron chi connectivity index (χ1n) is 7.23. The second-order valence-corrected chi connectivity index (χ2v) is 5.52. The van der Waals surface area contributed by atoms with Gasteiger partial charge < -0.3 is 15.5 Å². The number of carbonyl (C=O) groups excluding carboxylic acids is 1. The first-order valence-corrected chi connectivity index (χ1v) is 7.64. The van der Waals surface area contributed by atoms with E-state index in [4.69, 9.17) is 12.2 Å². The van der Waals surface area contributed by atoms with Gasteiger partial charge in [-0.2, -0.15) is 0 Å². The minimum absolute atomic E-state index is 0.0656. The predicted octanol–water partition coefficient (Wildman–Crippen LogP) is 3.40. The molecule has 0 bridgehead atoms. The summed E-state index contributed by atoms with van der Waals surface area (Å²) in [5, 5.41) is 6.58. The Kier molecular flexibility index (Phi) is 4.06. The van der Waals surface area contributed by atoms with Gasteiger partial charge in [-0.3, -0.25) is 4.79 Å². The number of nitrogens with zero attached hydrogens (tertiary/aromatic N) is 1. The van der Waals surface area contributed by atoms with Crippen LogP contribution in [0.15, 0.2) is 48.5 Å². The number of anilines is 3. The number of benzene rings is 2. The molecule has 0 atom stereocenters. The molecular weight excluding hydrogens is 294 g/mol. The third-order valence-corrected chi connectivity index (χ3v) is 3.95. The molecule has 0 aromatic heterocycles. The lowest BCUT2D eigenvalue weighted by Gasteiger charge is -2.31. The molecule has 3 rings (SSSR count). The zero-order chi connectivity index (χ0) is 15.5. The van der Waals surface area contributed by atoms with Gasteiger partial charge in [-0.15, -0.1) is 0 Å². The smallest absolute Gasteiger partial charge is 0.244 e. The molecule has 1 aliphatic heterocycles. The van der Waals surface area contributed by atoms with E-state index in [1.807, 2.05) is 41.3 Å². The summed E-state index contributed by atoms with van der Waals surface area (Å²) in [7, 11) is 0. The zero-order valence-electron chi connectivity index (χ0n) is 12.3. The van der Waals surface area contributed by atoms with Crippen LogP contribution >= 0.6 is 12.2 Å². The average molecular weight is 311 g/mol. The molecule has 5 heteroatoms. The van der Waals surface area contributed by atoms with Gasteiger partial charge in [-0.25, -0.2) is 0 Å². The van der Waals surface area contributed by atoms with Gasteiger partial charge in [0, 0.05) is 5.69 Å². The quantitative estimate of drug-likeness (QED) is 0.834. The van der Waals surface area contributed by atoms with Crippen molar-refractivity contribution in [1.82, 2.24) is 0 Å². The molecule has 4 nitrogen and oxygen atoms in total. The van der Waals surface area contributed by atoms with E-state index in [0.717, 1.165) is 23.5 Å². The van der Waals surface area contributed by atoms with Crippen LogP contribution in [-0.4, -0.2) is 17.6 Å². The fourth-order valence-corrected chi connectivity index (χ4v) is 2.71. The molecule has 0 aliphatic carbocycles. The Labute approximate surface area is 135 Å². The Bertz CT molecular complexity index is 712. The average Bonchev–Trinajstić information content (AvgIpc) is 2.54. The molecule has 0 radical (unpaired) electrons. The molecule has 0 fully saturated rings. The molecule has 0 unspecified atom stereocenters. The maximum absolute atomic E-state index is 11.8. The van der Waals surface area contributed by atoms with Crippen molar-refractivity contribution in [2.75, 3.05) is 22.1 Å². The van der Waals surface area contributed by atoms with E-state index in [1.165, 1.54) is 5.56 Å². The van der Waals surface area contributed by atoms with Crippen LogP contribution in [0.5, 0.6) is 0 Å². The number of carbonyl (C=O) groups is 1. The molecule has 1 heterocycles. The summed E-state index contributed by atoms with van der Waals surface area (Å²) < 4.78 is 0. The van der Waals surface area contributed by atoms with Crippen molar-refractivity contribution in [3.05, 3.63) is 54.1 Å². The molecule has 0 saturated heterocycles. The summed E-state index contributed by atoms with van der Waals surface area (Å²) in [4.78, 5) is 13.7. The summed E-state index contributed by atoms with van der Waals surface area (Å²) in [6, 6.07) is 15.8. The van der Waals surface area contributed by atoms with E-state index in [-0.39, 0.29) is 12.5 Å². The van der Waals surface area contributed by atoms with Gasteiger partial charge in [0.1, 0.15) is 6.54 Å². The maximum atomic E-state index is 11.8. The van der Waals surface area contributed by atoms with Gasteiger partial charge in [0.15, 0.2) is 5.11 Å². The number of para-hydroxylation sites is 2. The Hall–Kier alpha value is -2.40. The normalized spacial score (nSPS) is 13.3. The van der Waals surface area contributed by atoms with Crippen molar-refractivity contribution in [2.45, 2.75) is 13.3 Å². The van der Waals surface area contributed by atoms with Crippen LogP contribution in [0, 0.1) is 0 Å². The molecule has 1 amide bonds. The van der Waals surface area contributed by atoms with Crippen molar-refractivity contribution in [3.8, 4) is 0 Å². The molecule has 0 spiro atoms. The minimum Gasteiger partial charge on any atom is -0.332 e. The van der Waals surface area contributed by atoms with Crippen LogP contribution in [0.25, 0.3) is 0 Å². The first kappa shape index (κ1) is 14.5. The van der Waals surface area contributed by atoms with E-state index >= 15 is 0 Å². The molecule has 2 N–H and O–H groups in total. The SMILES string of the molecule is CCc1ccc(NC(=S)N2CC(=O)Nc3ccccc32)cc1. The summed E-state index contributed by atoms with van der Waals surface area (Å²) >= 11 is 5.48. The summed E-state index contributed by atoms with van der Waals surface area (Å²) in [5.74, 6) is -0.0656. The van der Waals surface area contributed by atoms with Gasteiger partial charge in [0.25, 0.3) is 0 Å². The lowest BCUT2D eigenvalue weighted by molar-refractivity contribution is -0.115. The Morgan fingerprint density at radius 3 is 2.68 bits per heavy atom. The number of rotatable bonds is 2. The fraction of sp³-hybridized carbons (Fsp3) is 0.176. The number of amides is 1. The van der Waals surface area contributed by atoms with Gasteiger partial charge in [0.2, 0.25) is 5.91 Å². The Balaban J connectivity index is 1.81. The Morgan fingerprint density at radius 2 is 1.95 bits per heavy atom.